The summed E-state index contributed by atoms with van der Waals surface area (Å²) in [6, 6.07) is 11.4. The van der Waals surface area contributed by atoms with Gasteiger partial charge in [0.2, 0.25) is 5.91 Å². The van der Waals surface area contributed by atoms with Crippen LogP contribution in [0, 0.1) is 0 Å². The number of carbonyl (C=O) groups excluding carboxylic acids is 2. The van der Waals surface area contributed by atoms with Crippen LogP contribution in [0.5, 0.6) is 0 Å². The van der Waals surface area contributed by atoms with Crippen molar-refractivity contribution in [2.45, 2.75) is 25.8 Å². The minimum absolute atomic E-state index is 0.00470. The lowest BCUT2D eigenvalue weighted by Gasteiger charge is -2.27. The van der Waals surface area contributed by atoms with E-state index in [1.807, 2.05) is 53.7 Å². The van der Waals surface area contributed by atoms with E-state index in [2.05, 4.69) is 0 Å². The highest BCUT2D eigenvalue weighted by atomic mass is 32.1. The quantitative estimate of drug-likeness (QED) is 0.861. The summed E-state index contributed by atoms with van der Waals surface area (Å²) in [5.41, 5.74) is 1.53. The highest BCUT2D eigenvalue weighted by Gasteiger charge is 2.20. The normalized spacial score (nSPS) is 14.8. The zero-order valence-corrected chi connectivity index (χ0v) is 14.0. The molecular formula is C18H20N2O2S. The van der Waals surface area contributed by atoms with Crippen molar-refractivity contribution < 1.29 is 9.59 Å². The summed E-state index contributed by atoms with van der Waals surface area (Å²) in [7, 11) is 1.81. The van der Waals surface area contributed by atoms with Crippen LogP contribution in [0.1, 0.15) is 34.5 Å². The van der Waals surface area contributed by atoms with E-state index in [1.54, 1.807) is 16.2 Å². The van der Waals surface area contributed by atoms with Gasteiger partial charge >= 0.3 is 0 Å². The van der Waals surface area contributed by atoms with Crippen LogP contribution >= 0.6 is 11.3 Å². The van der Waals surface area contributed by atoms with Crippen LogP contribution < -0.4 is 4.90 Å². The standard InChI is InChI=1S/C18H20N2O2S/c1-19(13-16-5-4-12-23-16)18(22)14-7-9-15(10-8-14)20-11-3-2-6-17(20)21/h4-5,7-10,12H,2-3,6,11,13H2,1H3. The summed E-state index contributed by atoms with van der Waals surface area (Å²) in [5, 5.41) is 2.01. The largest absolute Gasteiger partial charge is 0.337 e. The molecule has 0 saturated carbocycles. The maximum absolute atomic E-state index is 12.5. The third kappa shape index (κ3) is 3.62. The average Bonchev–Trinajstić information content (AvgIpc) is 3.08. The highest BCUT2D eigenvalue weighted by Crippen LogP contribution is 2.22. The van der Waals surface area contributed by atoms with E-state index in [0.717, 1.165) is 30.0 Å². The molecule has 23 heavy (non-hydrogen) atoms. The summed E-state index contributed by atoms with van der Waals surface area (Å²) in [5.74, 6) is 0.167. The Morgan fingerprint density at radius 1 is 1.22 bits per heavy atom. The van der Waals surface area contributed by atoms with Gasteiger partial charge in [0, 0.05) is 36.1 Å². The van der Waals surface area contributed by atoms with Crippen molar-refractivity contribution in [1.82, 2.24) is 4.90 Å². The Kier molecular flexibility index (Phi) is 4.76. The Bertz CT molecular complexity index is 680. The molecule has 0 unspecified atom stereocenters. The molecule has 2 heterocycles. The molecule has 1 aliphatic heterocycles. The highest BCUT2D eigenvalue weighted by molar-refractivity contribution is 7.09. The second kappa shape index (κ2) is 6.96. The van der Waals surface area contributed by atoms with Crippen LogP contribution in [0.15, 0.2) is 41.8 Å². The molecule has 120 valence electrons. The van der Waals surface area contributed by atoms with E-state index in [0.29, 0.717) is 18.5 Å². The van der Waals surface area contributed by atoms with Gasteiger partial charge in [-0.25, -0.2) is 0 Å². The minimum atomic E-state index is -0.00470. The molecule has 5 heteroatoms. The number of thiophene rings is 1. The Hall–Kier alpha value is -2.14. The first-order valence-corrected chi connectivity index (χ1v) is 8.71. The van der Waals surface area contributed by atoms with Gasteiger partial charge in [0.1, 0.15) is 0 Å². The van der Waals surface area contributed by atoms with Crippen molar-refractivity contribution in [3.05, 3.63) is 52.2 Å². The van der Waals surface area contributed by atoms with Gasteiger partial charge in [0.25, 0.3) is 5.91 Å². The first-order chi connectivity index (χ1) is 11.1. The lowest BCUT2D eigenvalue weighted by atomic mass is 10.1. The third-order valence-corrected chi connectivity index (χ3v) is 4.93. The van der Waals surface area contributed by atoms with Crippen LogP contribution in [-0.4, -0.2) is 30.3 Å². The van der Waals surface area contributed by atoms with E-state index >= 15 is 0 Å². The van der Waals surface area contributed by atoms with E-state index < -0.39 is 0 Å². The molecule has 1 aromatic carbocycles. The van der Waals surface area contributed by atoms with Gasteiger partial charge in [-0.3, -0.25) is 9.59 Å². The predicted molar refractivity (Wildman–Crippen MR) is 92.8 cm³/mol. The number of amides is 2. The van der Waals surface area contributed by atoms with Gasteiger partial charge in [-0.2, -0.15) is 0 Å². The number of rotatable bonds is 4. The number of hydrogen-bond acceptors (Lipinski definition) is 3. The minimum Gasteiger partial charge on any atom is -0.337 e. The van der Waals surface area contributed by atoms with Crippen LogP contribution in [-0.2, 0) is 11.3 Å². The number of anilines is 1. The molecule has 0 atom stereocenters. The predicted octanol–water partition coefficient (Wildman–Crippen LogP) is 3.54. The second-order valence-corrected chi connectivity index (χ2v) is 6.82. The summed E-state index contributed by atoms with van der Waals surface area (Å²) < 4.78 is 0. The van der Waals surface area contributed by atoms with Gasteiger partial charge in [0.05, 0.1) is 6.54 Å². The van der Waals surface area contributed by atoms with Crippen molar-refractivity contribution in [1.29, 1.82) is 0 Å². The van der Waals surface area contributed by atoms with Crippen molar-refractivity contribution >= 4 is 28.8 Å². The van der Waals surface area contributed by atoms with Crippen molar-refractivity contribution in [2.24, 2.45) is 0 Å². The van der Waals surface area contributed by atoms with Crippen LogP contribution in [0.25, 0.3) is 0 Å². The lowest BCUT2D eigenvalue weighted by Crippen LogP contribution is -2.35. The number of piperidine rings is 1. The number of carbonyl (C=O) groups is 2. The van der Waals surface area contributed by atoms with Gasteiger partial charge in [-0.1, -0.05) is 6.07 Å². The number of nitrogens with zero attached hydrogens (tertiary/aromatic N) is 2. The van der Waals surface area contributed by atoms with E-state index in [4.69, 9.17) is 0 Å². The monoisotopic (exact) mass is 328 g/mol. The zero-order chi connectivity index (χ0) is 16.2. The van der Waals surface area contributed by atoms with Crippen molar-refractivity contribution in [3.8, 4) is 0 Å². The van der Waals surface area contributed by atoms with E-state index in [-0.39, 0.29) is 11.8 Å². The van der Waals surface area contributed by atoms with Crippen LogP contribution in [0.3, 0.4) is 0 Å². The summed E-state index contributed by atoms with van der Waals surface area (Å²) in [6.45, 7) is 1.38. The molecule has 1 aromatic heterocycles. The summed E-state index contributed by atoms with van der Waals surface area (Å²) in [4.78, 5) is 29.1. The molecule has 0 N–H and O–H groups in total. The van der Waals surface area contributed by atoms with E-state index in [1.165, 1.54) is 0 Å². The maximum Gasteiger partial charge on any atom is 0.253 e. The fourth-order valence-corrected chi connectivity index (χ4v) is 3.55. The first-order valence-electron chi connectivity index (χ1n) is 7.83. The lowest BCUT2D eigenvalue weighted by molar-refractivity contribution is -0.119. The Labute approximate surface area is 140 Å². The molecule has 4 nitrogen and oxygen atoms in total. The van der Waals surface area contributed by atoms with Crippen molar-refractivity contribution in [3.63, 3.8) is 0 Å². The van der Waals surface area contributed by atoms with Gasteiger partial charge in [0.15, 0.2) is 0 Å². The molecule has 1 saturated heterocycles. The molecular weight excluding hydrogens is 308 g/mol. The van der Waals surface area contributed by atoms with Crippen LogP contribution in [0.2, 0.25) is 0 Å². The Morgan fingerprint density at radius 2 is 2.00 bits per heavy atom. The number of hydrogen-bond donors (Lipinski definition) is 0. The molecule has 2 aromatic rings. The molecule has 0 aliphatic carbocycles. The Balaban J connectivity index is 1.68. The summed E-state index contributed by atoms with van der Waals surface area (Å²) >= 11 is 1.65. The second-order valence-electron chi connectivity index (χ2n) is 5.79. The van der Waals surface area contributed by atoms with Gasteiger partial charge < -0.3 is 9.80 Å². The van der Waals surface area contributed by atoms with Crippen molar-refractivity contribution in [2.75, 3.05) is 18.5 Å². The van der Waals surface area contributed by atoms with Gasteiger partial charge in [-0.05, 0) is 48.6 Å². The maximum atomic E-state index is 12.5. The Morgan fingerprint density at radius 3 is 2.65 bits per heavy atom. The molecule has 2 amide bonds. The van der Waals surface area contributed by atoms with E-state index in [9.17, 15) is 9.59 Å². The summed E-state index contributed by atoms with van der Waals surface area (Å²) in [6.07, 6.45) is 2.62. The zero-order valence-electron chi connectivity index (χ0n) is 13.2. The van der Waals surface area contributed by atoms with Gasteiger partial charge in [-0.15, -0.1) is 11.3 Å². The topological polar surface area (TPSA) is 40.6 Å². The molecule has 3 rings (SSSR count). The van der Waals surface area contributed by atoms with Crippen LogP contribution in [0.4, 0.5) is 5.69 Å². The fraction of sp³-hybridized carbons (Fsp3) is 0.333. The first kappa shape index (κ1) is 15.7. The molecule has 0 radical (unpaired) electrons. The smallest absolute Gasteiger partial charge is 0.253 e. The fourth-order valence-electron chi connectivity index (χ4n) is 2.79. The third-order valence-electron chi connectivity index (χ3n) is 4.07. The molecule has 1 fully saturated rings. The number of benzene rings is 1. The molecule has 0 spiro atoms. The molecule has 1 aliphatic rings. The SMILES string of the molecule is CN(Cc1cccs1)C(=O)c1ccc(N2CCCCC2=O)cc1. The average molecular weight is 328 g/mol. The molecule has 0 bridgehead atoms.